The van der Waals surface area contributed by atoms with Crippen molar-refractivity contribution < 1.29 is 19.4 Å². The van der Waals surface area contributed by atoms with Crippen LogP contribution >= 0.6 is 0 Å². The molecule has 1 aliphatic heterocycles. The molecular formula is C16H21NO4. The van der Waals surface area contributed by atoms with Crippen LogP contribution in [-0.2, 0) is 14.3 Å². The quantitative estimate of drug-likeness (QED) is 0.925. The van der Waals surface area contributed by atoms with Crippen LogP contribution in [0.1, 0.15) is 38.7 Å². The largest absolute Gasteiger partial charge is 0.481 e. The fraction of sp³-hybridized carbons (Fsp3) is 0.500. The van der Waals surface area contributed by atoms with Gasteiger partial charge < -0.3 is 14.7 Å². The molecule has 1 atom stereocenters. The van der Waals surface area contributed by atoms with E-state index in [2.05, 4.69) is 0 Å². The highest BCUT2D eigenvalue weighted by Gasteiger charge is 2.33. The zero-order valence-corrected chi connectivity index (χ0v) is 12.6. The Morgan fingerprint density at radius 1 is 1.33 bits per heavy atom. The molecular weight excluding hydrogens is 270 g/mol. The van der Waals surface area contributed by atoms with Crippen molar-refractivity contribution in [3.8, 4) is 0 Å². The predicted molar refractivity (Wildman–Crippen MR) is 79.5 cm³/mol. The van der Waals surface area contributed by atoms with Gasteiger partial charge in [0.2, 0.25) is 0 Å². The minimum atomic E-state index is -0.852. The van der Waals surface area contributed by atoms with E-state index in [0.29, 0.717) is 6.54 Å². The Morgan fingerprint density at radius 2 is 2.00 bits per heavy atom. The van der Waals surface area contributed by atoms with Crippen LogP contribution in [0.15, 0.2) is 24.3 Å². The lowest BCUT2D eigenvalue weighted by molar-refractivity contribution is -0.137. The Balaban J connectivity index is 2.15. The Hall–Kier alpha value is -1.88. The molecule has 0 spiro atoms. The molecule has 1 aliphatic rings. The van der Waals surface area contributed by atoms with E-state index >= 15 is 0 Å². The molecule has 5 nitrogen and oxygen atoms in total. The third-order valence-corrected chi connectivity index (χ3v) is 3.42. The van der Waals surface area contributed by atoms with Gasteiger partial charge in [0, 0.05) is 18.2 Å². The second-order valence-electron chi connectivity index (χ2n) is 6.26. The van der Waals surface area contributed by atoms with Crippen LogP contribution in [0.5, 0.6) is 0 Å². The molecule has 5 heteroatoms. The van der Waals surface area contributed by atoms with Crippen molar-refractivity contribution in [1.29, 1.82) is 0 Å². The summed E-state index contributed by atoms with van der Waals surface area (Å²) in [5.41, 5.74) is 1.34. The lowest BCUT2D eigenvalue weighted by Crippen LogP contribution is -2.36. The van der Waals surface area contributed by atoms with E-state index in [0.717, 1.165) is 11.3 Å². The number of fused-ring (bicyclic) bond motifs is 1. The summed E-state index contributed by atoms with van der Waals surface area (Å²) in [5, 5.41) is 9.01. The smallest absolute Gasteiger partial charge is 0.304 e. The molecule has 0 saturated carbocycles. The maximum atomic E-state index is 12.3. The highest BCUT2D eigenvalue weighted by atomic mass is 16.5. The molecule has 0 saturated heterocycles. The second-order valence-corrected chi connectivity index (χ2v) is 6.26. The van der Waals surface area contributed by atoms with E-state index in [4.69, 9.17) is 9.84 Å². The molecule has 1 N–H and O–H groups in total. The molecule has 0 aromatic heterocycles. The number of ether oxygens (including phenoxy) is 1. The number of hydrogen-bond donors (Lipinski definition) is 1. The third kappa shape index (κ3) is 3.82. The minimum absolute atomic E-state index is 0.00236. The fourth-order valence-electron chi connectivity index (χ4n) is 2.47. The summed E-state index contributed by atoms with van der Waals surface area (Å²) in [7, 11) is 0. The SMILES string of the molecule is CC(C)(C)OCC(=O)N1CC(CC(=O)O)c2ccccc21. The summed E-state index contributed by atoms with van der Waals surface area (Å²) >= 11 is 0. The first-order chi connectivity index (χ1) is 9.78. The number of carbonyl (C=O) groups excluding carboxylic acids is 1. The van der Waals surface area contributed by atoms with Gasteiger partial charge in [-0.2, -0.15) is 0 Å². The summed E-state index contributed by atoms with van der Waals surface area (Å²) in [6.45, 7) is 6.08. The van der Waals surface area contributed by atoms with E-state index in [1.54, 1.807) is 4.90 Å². The summed E-state index contributed by atoms with van der Waals surface area (Å²) in [5.74, 6) is -1.14. The lowest BCUT2D eigenvalue weighted by atomic mass is 9.98. The van der Waals surface area contributed by atoms with Gasteiger partial charge >= 0.3 is 5.97 Å². The van der Waals surface area contributed by atoms with Gasteiger partial charge in [0.05, 0.1) is 12.0 Å². The number of carboxylic acid groups (broad SMARTS) is 1. The van der Waals surface area contributed by atoms with E-state index in [1.807, 2.05) is 45.0 Å². The molecule has 1 aromatic carbocycles. The zero-order valence-electron chi connectivity index (χ0n) is 12.6. The summed E-state index contributed by atoms with van der Waals surface area (Å²) in [6, 6.07) is 7.47. The monoisotopic (exact) mass is 291 g/mol. The average molecular weight is 291 g/mol. The van der Waals surface area contributed by atoms with Crippen molar-refractivity contribution in [2.45, 2.75) is 38.7 Å². The molecule has 1 unspecified atom stereocenters. The van der Waals surface area contributed by atoms with Crippen LogP contribution in [0.2, 0.25) is 0 Å². The maximum Gasteiger partial charge on any atom is 0.304 e. The minimum Gasteiger partial charge on any atom is -0.481 e. The number of carboxylic acids is 1. The first kappa shape index (κ1) is 15.5. The number of para-hydroxylation sites is 1. The van der Waals surface area contributed by atoms with E-state index in [1.165, 1.54) is 0 Å². The topological polar surface area (TPSA) is 66.8 Å². The molecule has 1 amide bonds. The molecule has 1 aromatic rings. The maximum absolute atomic E-state index is 12.3. The van der Waals surface area contributed by atoms with Crippen LogP contribution in [0.25, 0.3) is 0 Å². The molecule has 21 heavy (non-hydrogen) atoms. The average Bonchev–Trinajstić information content (AvgIpc) is 2.74. The molecule has 114 valence electrons. The van der Waals surface area contributed by atoms with Crippen LogP contribution in [0.3, 0.4) is 0 Å². The van der Waals surface area contributed by atoms with E-state index in [9.17, 15) is 9.59 Å². The molecule has 0 bridgehead atoms. The van der Waals surface area contributed by atoms with E-state index < -0.39 is 5.97 Å². The van der Waals surface area contributed by atoms with Gasteiger partial charge in [-0.3, -0.25) is 9.59 Å². The number of aliphatic carboxylic acids is 1. The van der Waals surface area contributed by atoms with Crippen LogP contribution in [0.4, 0.5) is 5.69 Å². The van der Waals surface area contributed by atoms with Crippen molar-refractivity contribution in [2.24, 2.45) is 0 Å². The Kier molecular flexibility index (Phi) is 4.32. The van der Waals surface area contributed by atoms with Gasteiger partial charge in [0.25, 0.3) is 5.91 Å². The summed E-state index contributed by atoms with van der Waals surface area (Å²) in [6.07, 6.45) is 0.0287. The molecule has 0 aliphatic carbocycles. The van der Waals surface area contributed by atoms with Gasteiger partial charge in [-0.1, -0.05) is 18.2 Å². The molecule has 2 rings (SSSR count). The van der Waals surface area contributed by atoms with Gasteiger partial charge in [-0.25, -0.2) is 0 Å². The van der Waals surface area contributed by atoms with Crippen LogP contribution < -0.4 is 4.90 Å². The number of nitrogens with zero attached hydrogens (tertiary/aromatic N) is 1. The number of rotatable bonds is 4. The number of amides is 1. The van der Waals surface area contributed by atoms with Crippen LogP contribution in [0, 0.1) is 0 Å². The van der Waals surface area contributed by atoms with Gasteiger partial charge in [0.15, 0.2) is 0 Å². The van der Waals surface area contributed by atoms with Crippen molar-refractivity contribution in [2.75, 3.05) is 18.1 Å². The van der Waals surface area contributed by atoms with Crippen molar-refractivity contribution >= 4 is 17.6 Å². The first-order valence-electron chi connectivity index (χ1n) is 7.03. The zero-order chi connectivity index (χ0) is 15.6. The number of carbonyl (C=O) groups is 2. The summed E-state index contributed by atoms with van der Waals surface area (Å²) < 4.78 is 5.53. The van der Waals surface area contributed by atoms with Crippen LogP contribution in [-0.4, -0.2) is 35.7 Å². The predicted octanol–water partition coefficient (Wildman–Crippen LogP) is 2.41. The van der Waals surface area contributed by atoms with Gasteiger partial charge in [-0.15, -0.1) is 0 Å². The fourth-order valence-corrected chi connectivity index (χ4v) is 2.47. The molecule has 1 heterocycles. The third-order valence-electron chi connectivity index (χ3n) is 3.42. The Bertz CT molecular complexity index is 547. The summed E-state index contributed by atoms with van der Waals surface area (Å²) in [4.78, 5) is 24.9. The molecule has 0 radical (unpaired) electrons. The van der Waals surface area contributed by atoms with E-state index in [-0.39, 0.29) is 30.5 Å². The second kappa shape index (κ2) is 5.85. The molecule has 0 fully saturated rings. The van der Waals surface area contributed by atoms with Gasteiger partial charge in [0.1, 0.15) is 6.61 Å². The van der Waals surface area contributed by atoms with Crippen molar-refractivity contribution in [1.82, 2.24) is 0 Å². The van der Waals surface area contributed by atoms with Crippen molar-refractivity contribution in [3.05, 3.63) is 29.8 Å². The Morgan fingerprint density at radius 3 is 2.62 bits per heavy atom. The Labute approximate surface area is 124 Å². The van der Waals surface area contributed by atoms with Crippen molar-refractivity contribution in [3.63, 3.8) is 0 Å². The highest BCUT2D eigenvalue weighted by molar-refractivity contribution is 5.97. The number of anilines is 1. The first-order valence-corrected chi connectivity index (χ1v) is 7.03. The lowest BCUT2D eigenvalue weighted by Gasteiger charge is -2.23. The normalized spacial score (nSPS) is 17.7. The van der Waals surface area contributed by atoms with Gasteiger partial charge in [-0.05, 0) is 32.4 Å². The standard InChI is InChI=1S/C16H21NO4/c1-16(2,3)21-10-14(18)17-9-11(8-15(19)20)12-6-4-5-7-13(12)17/h4-7,11H,8-10H2,1-3H3,(H,19,20). The number of hydrogen-bond acceptors (Lipinski definition) is 3. The highest BCUT2D eigenvalue weighted by Crippen LogP contribution is 2.38. The number of benzene rings is 1.